The van der Waals surface area contributed by atoms with Crippen molar-refractivity contribution in [2.75, 3.05) is 28.6 Å². The van der Waals surface area contributed by atoms with E-state index in [9.17, 15) is 31.9 Å². The summed E-state index contributed by atoms with van der Waals surface area (Å²) in [5.74, 6) is -2.71. The number of amides is 2. The van der Waals surface area contributed by atoms with Gasteiger partial charge in [-0.2, -0.15) is 18.3 Å². The Balaban J connectivity index is 1.45. The second-order valence-electron chi connectivity index (χ2n) is 12.2. The Morgan fingerprint density at radius 1 is 0.915 bits per heavy atom. The van der Waals surface area contributed by atoms with Crippen molar-refractivity contribution in [1.82, 2.24) is 14.8 Å². The molecule has 0 bridgehead atoms. The lowest BCUT2D eigenvalue weighted by atomic mass is 10.1. The molecule has 3 heterocycles. The van der Waals surface area contributed by atoms with Crippen molar-refractivity contribution in [2.45, 2.75) is 64.8 Å². The van der Waals surface area contributed by atoms with Gasteiger partial charge >= 0.3 is 12.1 Å². The number of pyridine rings is 1. The fraction of sp³-hybridized carbons (Fsp3) is 0.364. The Labute approximate surface area is 268 Å². The smallest absolute Gasteiger partial charge is 0.408 e. The summed E-state index contributed by atoms with van der Waals surface area (Å²) in [7, 11) is 0. The van der Waals surface area contributed by atoms with E-state index >= 15 is 0 Å². The quantitative estimate of drug-likeness (QED) is 0.164. The molecule has 2 aromatic heterocycles. The number of rotatable bonds is 8. The van der Waals surface area contributed by atoms with E-state index in [1.807, 2.05) is 4.90 Å². The van der Waals surface area contributed by atoms with Gasteiger partial charge in [-0.1, -0.05) is 18.2 Å². The number of piperidine rings is 1. The minimum atomic E-state index is -4.56. The van der Waals surface area contributed by atoms with Gasteiger partial charge in [0.05, 0.1) is 17.6 Å². The fourth-order valence-corrected chi connectivity index (χ4v) is 5.36. The lowest BCUT2D eigenvalue weighted by Crippen LogP contribution is -2.31. The predicted octanol–water partition coefficient (Wildman–Crippen LogP) is 6.51. The van der Waals surface area contributed by atoms with E-state index in [0.717, 1.165) is 36.1 Å². The van der Waals surface area contributed by atoms with Crippen LogP contribution in [0.4, 0.5) is 34.8 Å². The predicted molar refractivity (Wildman–Crippen MR) is 168 cm³/mol. The third kappa shape index (κ3) is 8.43. The van der Waals surface area contributed by atoms with E-state index in [0.29, 0.717) is 18.8 Å². The SMILES string of the molecule is CC(C)(C)OC(=O)Cc1cc(F)ccc1NC(=O)c1ccc(N2CCCCC2)c(NC(=O)c2nn(CC(F)(F)F)c3ccccc23)n1. The first kappa shape index (κ1) is 33.4. The first-order valence-corrected chi connectivity index (χ1v) is 15.1. The molecular weight excluding hydrogens is 620 g/mol. The molecule has 0 unspecified atom stereocenters. The van der Waals surface area contributed by atoms with Crippen molar-refractivity contribution in [1.29, 1.82) is 0 Å². The zero-order valence-electron chi connectivity index (χ0n) is 26.1. The summed E-state index contributed by atoms with van der Waals surface area (Å²) < 4.78 is 60.0. The number of carbonyl (C=O) groups excluding carboxylic acids is 3. The summed E-state index contributed by atoms with van der Waals surface area (Å²) in [5.41, 5.74) is -0.0962. The highest BCUT2D eigenvalue weighted by atomic mass is 19.4. The number of esters is 1. The number of hydrogen-bond acceptors (Lipinski definition) is 7. The molecule has 10 nitrogen and oxygen atoms in total. The number of nitrogens with zero attached hydrogens (tertiary/aromatic N) is 4. The number of anilines is 3. The van der Waals surface area contributed by atoms with Crippen LogP contribution < -0.4 is 15.5 Å². The molecule has 2 aromatic carbocycles. The Bertz CT molecular complexity index is 1810. The molecule has 0 aliphatic carbocycles. The monoisotopic (exact) mass is 654 g/mol. The van der Waals surface area contributed by atoms with E-state index < -0.39 is 41.9 Å². The second kappa shape index (κ2) is 13.4. The summed E-state index contributed by atoms with van der Waals surface area (Å²) in [5, 5.41) is 9.54. The lowest BCUT2D eigenvalue weighted by Gasteiger charge is -2.30. The number of hydrogen-bond donors (Lipinski definition) is 2. The highest BCUT2D eigenvalue weighted by Gasteiger charge is 2.31. The van der Waals surface area contributed by atoms with Crippen molar-refractivity contribution >= 4 is 45.9 Å². The van der Waals surface area contributed by atoms with Crippen molar-refractivity contribution in [3.8, 4) is 0 Å². The Morgan fingerprint density at radius 3 is 2.34 bits per heavy atom. The average Bonchev–Trinajstić information content (AvgIpc) is 3.35. The van der Waals surface area contributed by atoms with Gasteiger partial charge in [0, 0.05) is 24.2 Å². The van der Waals surface area contributed by atoms with E-state index in [1.54, 1.807) is 39.0 Å². The van der Waals surface area contributed by atoms with Crippen LogP contribution in [0.25, 0.3) is 10.9 Å². The Hall–Kier alpha value is -5.01. The molecule has 0 radical (unpaired) electrons. The van der Waals surface area contributed by atoms with Crippen LogP contribution in [0.1, 0.15) is 66.6 Å². The number of halogens is 4. The van der Waals surface area contributed by atoms with E-state index in [1.165, 1.54) is 24.3 Å². The number of alkyl halides is 3. The third-order valence-electron chi connectivity index (χ3n) is 7.31. The van der Waals surface area contributed by atoms with E-state index in [2.05, 4.69) is 20.7 Å². The lowest BCUT2D eigenvalue weighted by molar-refractivity contribution is -0.154. The average molecular weight is 655 g/mol. The highest BCUT2D eigenvalue weighted by Crippen LogP contribution is 2.30. The molecule has 0 atom stereocenters. The van der Waals surface area contributed by atoms with Gasteiger partial charge < -0.3 is 20.3 Å². The molecular formula is C33H34F4N6O4. The summed E-state index contributed by atoms with van der Waals surface area (Å²) in [6, 6.07) is 12.8. The molecule has 0 saturated carbocycles. The largest absolute Gasteiger partial charge is 0.460 e. The van der Waals surface area contributed by atoms with Crippen molar-refractivity contribution in [3.63, 3.8) is 0 Å². The molecule has 1 fully saturated rings. The standard InChI is InChI=1S/C33H34F4N6O4/c1-32(2,3)47-27(44)18-20-17-21(34)11-12-23(20)39-30(45)24-13-14-26(42-15-7-4-8-16-42)29(38-24)40-31(46)28-22-9-5-6-10-25(22)43(41-28)19-33(35,36)37/h5-6,9-14,17H,4,7-8,15-16,18-19H2,1-3H3,(H,39,45)(H,38,40,46). The number of benzene rings is 2. The van der Waals surface area contributed by atoms with Crippen molar-refractivity contribution in [3.05, 3.63) is 77.4 Å². The molecule has 1 aliphatic heterocycles. The van der Waals surface area contributed by atoms with Gasteiger partial charge in [0.15, 0.2) is 11.5 Å². The normalized spacial score (nSPS) is 13.8. The fourth-order valence-electron chi connectivity index (χ4n) is 5.36. The maximum Gasteiger partial charge on any atom is 0.408 e. The number of fused-ring (bicyclic) bond motifs is 1. The van der Waals surface area contributed by atoms with Crippen LogP contribution in [0.3, 0.4) is 0 Å². The molecule has 1 saturated heterocycles. The molecule has 4 aromatic rings. The van der Waals surface area contributed by atoms with Gasteiger partial charge in [0.25, 0.3) is 11.8 Å². The Kier molecular flexibility index (Phi) is 9.50. The minimum absolute atomic E-state index is 0.0205. The van der Waals surface area contributed by atoms with Gasteiger partial charge in [-0.05, 0) is 82.0 Å². The molecule has 2 N–H and O–H groups in total. The number of nitrogens with one attached hydrogen (secondary N) is 2. The topological polar surface area (TPSA) is 118 Å². The number of ether oxygens (including phenoxy) is 1. The third-order valence-corrected chi connectivity index (χ3v) is 7.31. The summed E-state index contributed by atoms with van der Waals surface area (Å²) in [6.45, 7) is 5.06. The van der Waals surface area contributed by atoms with Gasteiger partial charge in [0.1, 0.15) is 23.7 Å². The minimum Gasteiger partial charge on any atom is -0.460 e. The number of carbonyl (C=O) groups is 3. The first-order chi connectivity index (χ1) is 22.2. The van der Waals surface area contributed by atoms with Crippen LogP contribution >= 0.6 is 0 Å². The van der Waals surface area contributed by atoms with Crippen molar-refractivity contribution < 1.29 is 36.7 Å². The molecule has 14 heteroatoms. The molecule has 2 amide bonds. The molecule has 248 valence electrons. The second-order valence-corrected chi connectivity index (χ2v) is 12.2. The molecule has 0 spiro atoms. The number of para-hydroxylation sites is 1. The maximum absolute atomic E-state index is 14.1. The van der Waals surface area contributed by atoms with Crippen LogP contribution in [0, 0.1) is 5.82 Å². The van der Waals surface area contributed by atoms with Crippen molar-refractivity contribution in [2.24, 2.45) is 0 Å². The highest BCUT2D eigenvalue weighted by molar-refractivity contribution is 6.12. The zero-order chi connectivity index (χ0) is 33.9. The van der Waals surface area contributed by atoms with Crippen LogP contribution in [0.5, 0.6) is 0 Å². The number of aromatic nitrogens is 3. The summed E-state index contributed by atoms with van der Waals surface area (Å²) in [4.78, 5) is 46.0. The zero-order valence-corrected chi connectivity index (χ0v) is 26.1. The Morgan fingerprint density at radius 2 is 1.64 bits per heavy atom. The van der Waals surface area contributed by atoms with Crippen LogP contribution in [0.15, 0.2) is 54.6 Å². The van der Waals surface area contributed by atoms with Gasteiger partial charge in [-0.3, -0.25) is 19.1 Å². The molecule has 47 heavy (non-hydrogen) atoms. The van der Waals surface area contributed by atoms with Gasteiger partial charge in [-0.25, -0.2) is 9.37 Å². The van der Waals surface area contributed by atoms with Crippen LogP contribution in [-0.2, 0) is 22.5 Å². The summed E-state index contributed by atoms with van der Waals surface area (Å²) in [6.07, 6.45) is -2.05. The molecule has 1 aliphatic rings. The maximum atomic E-state index is 14.1. The van der Waals surface area contributed by atoms with Crippen LogP contribution in [0.2, 0.25) is 0 Å². The molecule has 5 rings (SSSR count). The first-order valence-electron chi connectivity index (χ1n) is 15.1. The van der Waals surface area contributed by atoms with Gasteiger partial charge in [0.2, 0.25) is 0 Å². The van der Waals surface area contributed by atoms with E-state index in [-0.39, 0.29) is 45.8 Å². The summed E-state index contributed by atoms with van der Waals surface area (Å²) >= 11 is 0. The van der Waals surface area contributed by atoms with Gasteiger partial charge in [-0.15, -0.1) is 0 Å². The van der Waals surface area contributed by atoms with E-state index in [4.69, 9.17) is 4.74 Å². The van der Waals surface area contributed by atoms with Crippen LogP contribution in [-0.4, -0.2) is 57.4 Å².